The summed E-state index contributed by atoms with van der Waals surface area (Å²) in [5.41, 5.74) is 2.10. The molecule has 0 aliphatic heterocycles. The summed E-state index contributed by atoms with van der Waals surface area (Å²) >= 11 is 8.27. The van der Waals surface area contributed by atoms with Gasteiger partial charge in [-0.05, 0) is 19.1 Å². The molecule has 0 radical (unpaired) electrons. The second kappa shape index (κ2) is 3.67. The van der Waals surface area contributed by atoms with Crippen LogP contribution >= 0.6 is 41.9 Å². The summed E-state index contributed by atoms with van der Waals surface area (Å²) in [6.07, 6.45) is 1.73. The molecule has 2 heterocycles. The van der Waals surface area contributed by atoms with Crippen LogP contribution < -0.4 is 0 Å². The SMILES string of the molecule is Cc1cc2c(Cl)ccnc2n1SI. The van der Waals surface area contributed by atoms with Gasteiger partial charge in [0.25, 0.3) is 0 Å². The zero-order chi connectivity index (χ0) is 9.42. The van der Waals surface area contributed by atoms with E-state index in [1.54, 1.807) is 15.3 Å². The molecular formula is C8H6ClIN2S. The average molecular weight is 325 g/mol. The average Bonchev–Trinajstić information content (AvgIpc) is 2.43. The fraction of sp³-hybridized carbons (Fsp3) is 0.125. The van der Waals surface area contributed by atoms with Gasteiger partial charge >= 0.3 is 0 Å². The van der Waals surface area contributed by atoms with Gasteiger partial charge in [-0.1, -0.05) is 11.6 Å². The number of nitrogens with zero attached hydrogens (tertiary/aromatic N) is 2. The number of halogens is 2. The third kappa shape index (κ3) is 1.55. The van der Waals surface area contributed by atoms with Gasteiger partial charge in [-0.25, -0.2) is 4.98 Å². The molecule has 2 aromatic rings. The van der Waals surface area contributed by atoms with Gasteiger partial charge in [0.1, 0.15) is 0 Å². The van der Waals surface area contributed by atoms with Gasteiger partial charge in [0, 0.05) is 47.6 Å². The normalized spacial score (nSPS) is 11.0. The van der Waals surface area contributed by atoms with E-state index in [2.05, 4.69) is 36.2 Å². The van der Waals surface area contributed by atoms with Crippen LogP contribution in [0, 0.1) is 6.92 Å². The Labute approximate surface area is 97.4 Å². The number of hydrogen-bond donors (Lipinski definition) is 0. The molecule has 0 spiro atoms. The number of fused-ring (bicyclic) bond motifs is 1. The molecule has 2 rings (SSSR count). The molecule has 2 aromatic heterocycles. The quantitative estimate of drug-likeness (QED) is 0.742. The van der Waals surface area contributed by atoms with E-state index in [1.165, 1.54) is 0 Å². The molecular weight excluding hydrogens is 319 g/mol. The lowest BCUT2D eigenvalue weighted by Crippen LogP contribution is -1.86. The zero-order valence-electron chi connectivity index (χ0n) is 6.79. The van der Waals surface area contributed by atoms with Gasteiger partial charge in [0.2, 0.25) is 0 Å². The highest BCUT2D eigenvalue weighted by Crippen LogP contribution is 2.30. The lowest BCUT2D eigenvalue weighted by molar-refractivity contribution is 1.18. The van der Waals surface area contributed by atoms with Gasteiger partial charge in [0.15, 0.2) is 5.65 Å². The first-order valence-electron chi connectivity index (χ1n) is 3.65. The summed E-state index contributed by atoms with van der Waals surface area (Å²) in [5.74, 6) is 0. The van der Waals surface area contributed by atoms with E-state index >= 15 is 0 Å². The van der Waals surface area contributed by atoms with E-state index in [-0.39, 0.29) is 0 Å². The van der Waals surface area contributed by atoms with Crippen molar-refractivity contribution in [1.82, 2.24) is 8.96 Å². The van der Waals surface area contributed by atoms with Crippen LogP contribution in [-0.4, -0.2) is 8.96 Å². The van der Waals surface area contributed by atoms with E-state index in [1.807, 2.05) is 13.0 Å². The van der Waals surface area contributed by atoms with Gasteiger partial charge in [-0.15, -0.1) is 0 Å². The highest BCUT2D eigenvalue weighted by Gasteiger charge is 2.08. The number of aromatic nitrogens is 2. The summed E-state index contributed by atoms with van der Waals surface area (Å²) < 4.78 is 2.06. The zero-order valence-corrected chi connectivity index (χ0v) is 10.5. The van der Waals surface area contributed by atoms with Crippen LogP contribution in [0.4, 0.5) is 0 Å². The lowest BCUT2D eigenvalue weighted by atomic mass is 10.3. The maximum atomic E-state index is 6.03. The van der Waals surface area contributed by atoms with Crippen LogP contribution in [0.3, 0.4) is 0 Å². The lowest BCUT2D eigenvalue weighted by Gasteiger charge is -1.99. The van der Waals surface area contributed by atoms with Crippen molar-refractivity contribution in [1.29, 1.82) is 0 Å². The van der Waals surface area contributed by atoms with Crippen LogP contribution in [0.1, 0.15) is 5.69 Å². The molecule has 0 bridgehead atoms. The standard InChI is InChI=1S/C8H6ClIN2S/c1-5-4-6-7(9)2-3-11-8(6)12(5)13-10/h2-4H,1H3. The van der Waals surface area contributed by atoms with Crippen molar-refractivity contribution < 1.29 is 0 Å². The van der Waals surface area contributed by atoms with Crippen molar-refractivity contribution in [2.45, 2.75) is 6.92 Å². The Kier molecular flexibility index (Phi) is 2.71. The topological polar surface area (TPSA) is 17.8 Å². The van der Waals surface area contributed by atoms with Crippen molar-refractivity contribution in [2.75, 3.05) is 0 Å². The molecule has 0 N–H and O–H groups in total. The van der Waals surface area contributed by atoms with Gasteiger partial charge < -0.3 is 0 Å². The molecule has 0 aromatic carbocycles. The molecule has 0 amide bonds. The molecule has 13 heavy (non-hydrogen) atoms. The summed E-state index contributed by atoms with van der Waals surface area (Å²) in [4.78, 5) is 4.29. The van der Waals surface area contributed by atoms with E-state index in [4.69, 9.17) is 11.6 Å². The minimum atomic E-state index is 0.761. The summed E-state index contributed by atoms with van der Waals surface area (Å²) in [6.45, 7) is 2.05. The molecule has 0 atom stereocenters. The van der Waals surface area contributed by atoms with Crippen molar-refractivity contribution in [2.24, 2.45) is 0 Å². The second-order valence-corrected chi connectivity index (χ2v) is 4.77. The number of rotatable bonds is 1. The molecule has 68 valence electrons. The highest BCUT2D eigenvalue weighted by molar-refractivity contribution is 14.2. The smallest absolute Gasteiger partial charge is 0.152 e. The summed E-state index contributed by atoms with van der Waals surface area (Å²) in [5, 5.41) is 1.78. The molecule has 5 heteroatoms. The third-order valence-electron chi connectivity index (χ3n) is 1.85. The predicted molar refractivity (Wildman–Crippen MR) is 66.5 cm³/mol. The van der Waals surface area contributed by atoms with Crippen LogP contribution in [0.2, 0.25) is 5.02 Å². The van der Waals surface area contributed by atoms with E-state index in [9.17, 15) is 0 Å². The minimum Gasteiger partial charge on any atom is -0.263 e. The van der Waals surface area contributed by atoms with E-state index in [0.29, 0.717) is 0 Å². The fourth-order valence-corrected chi connectivity index (χ4v) is 3.32. The Morgan fingerprint density at radius 2 is 2.38 bits per heavy atom. The van der Waals surface area contributed by atoms with Crippen molar-refractivity contribution in [3.05, 3.63) is 29.0 Å². The molecule has 2 nitrogen and oxygen atoms in total. The minimum absolute atomic E-state index is 0.761. The Morgan fingerprint density at radius 3 is 3.08 bits per heavy atom. The maximum Gasteiger partial charge on any atom is 0.152 e. The van der Waals surface area contributed by atoms with E-state index in [0.717, 1.165) is 21.7 Å². The fourth-order valence-electron chi connectivity index (χ4n) is 1.26. The number of pyridine rings is 1. The summed E-state index contributed by atoms with van der Waals surface area (Å²) in [6, 6.07) is 3.86. The summed E-state index contributed by atoms with van der Waals surface area (Å²) in [7, 11) is 1.61. The van der Waals surface area contributed by atoms with Crippen molar-refractivity contribution >= 4 is 53.0 Å². The molecule has 0 unspecified atom stereocenters. The van der Waals surface area contributed by atoms with Crippen molar-refractivity contribution in [3.8, 4) is 0 Å². The predicted octanol–water partition coefficient (Wildman–Crippen LogP) is 3.84. The van der Waals surface area contributed by atoms with Crippen molar-refractivity contribution in [3.63, 3.8) is 0 Å². The molecule has 0 aliphatic rings. The van der Waals surface area contributed by atoms with E-state index < -0.39 is 0 Å². The Hall–Kier alpha value is 0.0600. The molecule has 0 saturated carbocycles. The maximum absolute atomic E-state index is 6.03. The largest absolute Gasteiger partial charge is 0.263 e. The molecule has 0 saturated heterocycles. The monoisotopic (exact) mass is 324 g/mol. The first-order valence-corrected chi connectivity index (χ1v) is 7.35. The molecule has 0 fully saturated rings. The molecule has 0 aliphatic carbocycles. The van der Waals surface area contributed by atoms with Crippen LogP contribution in [0.25, 0.3) is 11.0 Å². The first kappa shape index (κ1) is 9.61. The second-order valence-electron chi connectivity index (χ2n) is 2.68. The number of aryl methyl sites for hydroxylation is 1. The van der Waals surface area contributed by atoms with Crippen LogP contribution in [0.5, 0.6) is 0 Å². The number of hydrogen-bond acceptors (Lipinski definition) is 2. The van der Waals surface area contributed by atoms with Crippen LogP contribution in [0.15, 0.2) is 18.3 Å². The first-order chi connectivity index (χ1) is 6.24. The Bertz CT molecular complexity index is 455. The van der Waals surface area contributed by atoms with Crippen LogP contribution in [-0.2, 0) is 0 Å². The van der Waals surface area contributed by atoms with Gasteiger partial charge in [-0.3, -0.25) is 3.97 Å². The third-order valence-corrected chi connectivity index (χ3v) is 3.96. The van der Waals surface area contributed by atoms with Gasteiger partial charge in [-0.2, -0.15) is 0 Å². The highest BCUT2D eigenvalue weighted by atomic mass is 127. The Morgan fingerprint density at radius 1 is 1.62 bits per heavy atom. The Balaban J connectivity index is 2.86. The van der Waals surface area contributed by atoms with Gasteiger partial charge in [0.05, 0.1) is 5.02 Å².